The summed E-state index contributed by atoms with van der Waals surface area (Å²) < 4.78 is 0. The fourth-order valence-electron chi connectivity index (χ4n) is 5.40. The lowest BCUT2D eigenvalue weighted by Crippen LogP contribution is -2.46. The Morgan fingerprint density at radius 1 is 0.778 bits per heavy atom. The zero-order valence-corrected chi connectivity index (χ0v) is 26.7. The van der Waals surface area contributed by atoms with Crippen molar-refractivity contribution in [3.63, 3.8) is 0 Å². The highest BCUT2D eigenvalue weighted by Crippen LogP contribution is 2.22. The van der Waals surface area contributed by atoms with Crippen molar-refractivity contribution in [3.05, 3.63) is 70.8 Å². The van der Waals surface area contributed by atoms with E-state index in [0.29, 0.717) is 58.0 Å². The molecule has 0 unspecified atom stereocenters. The van der Waals surface area contributed by atoms with Gasteiger partial charge in [-0.05, 0) is 87.6 Å². The molecule has 2 rings (SSSR count). The van der Waals surface area contributed by atoms with Crippen LogP contribution in [-0.2, 0) is 32.0 Å². The molecule has 0 aromatic heterocycles. The molecule has 11 heteroatoms. The molecule has 0 heterocycles. The number of guanidine groups is 1. The topological polar surface area (TPSA) is 223 Å². The molecule has 0 saturated heterocycles. The van der Waals surface area contributed by atoms with Gasteiger partial charge in [-0.1, -0.05) is 48.5 Å². The number of nitrogens with one attached hydrogen (secondary N) is 1. The molecule has 0 radical (unpaired) electrons. The largest absolute Gasteiger partial charge is 0.370 e. The number of aryl methyl sites for hydroxylation is 2. The van der Waals surface area contributed by atoms with E-state index in [2.05, 4.69) is 10.3 Å². The highest BCUT2D eigenvalue weighted by atomic mass is 16.2. The molecular formula is C34H51N7O4. The highest BCUT2D eigenvalue weighted by molar-refractivity contribution is 5.94. The molecule has 0 aliphatic rings. The van der Waals surface area contributed by atoms with Crippen LogP contribution in [0.15, 0.2) is 53.5 Å². The van der Waals surface area contributed by atoms with Crippen LogP contribution >= 0.6 is 0 Å². The van der Waals surface area contributed by atoms with Gasteiger partial charge in [-0.15, -0.1) is 0 Å². The van der Waals surface area contributed by atoms with Crippen molar-refractivity contribution in [1.82, 2.24) is 5.32 Å². The normalized spacial score (nSPS) is 13.7. The van der Waals surface area contributed by atoms with Crippen molar-refractivity contribution in [2.45, 2.75) is 83.7 Å². The Morgan fingerprint density at radius 3 is 2.02 bits per heavy atom. The van der Waals surface area contributed by atoms with Crippen LogP contribution in [0.3, 0.4) is 0 Å². The second-order valence-corrected chi connectivity index (χ2v) is 11.8. The standard InChI is InChI=1S/C34H51N7O4/c1-22-10-8-11-23(2)27(22)19-26(21-30(42)28(36)14-9-17-40-34(38)39)33(45)41-29(15-6-7-16-35)31(43)20-25(32(37)44)18-24-12-4-3-5-13-24/h3-5,8,10-13,25-26,28-29H,6-7,9,14-21,35-36H2,1-2H3,(H2,37,44)(H,41,45)(H4,38,39,40)/t25-,26-,28-,29+/m1/s1. The van der Waals surface area contributed by atoms with Crippen LogP contribution in [0.1, 0.15) is 67.2 Å². The number of rotatable bonds is 21. The first-order valence-corrected chi connectivity index (χ1v) is 15.7. The molecule has 2 aromatic carbocycles. The van der Waals surface area contributed by atoms with Crippen molar-refractivity contribution in [2.24, 2.45) is 45.5 Å². The van der Waals surface area contributed by atoms with E-state index < -0.39 is 35.7 Å². The molecular weight excluding hydrogens is 570 g/mol. The average Bonchev–Trinajstić information content (AvgIpc) is 2.99. The Kier molecular flexibility index (Phi) is 15.9. The Labute approximate surface area is 266 Å². The Bertz CT molecular complexity index is 1270. The van der Waals surface area contributed by atoms with Crippen molar-refractivity contribution in [2.75, 3.05) is 13.1 Å². The molecule has 0 fully saturated rings. The number of amides is 2. The quantitative estimate of drug-likeness (QED) is 0.0682. The van der Waals surface area contributed by atoms with E-state index in [1.165, 1.54) is 0 Å². The van der Waals surface area contributed by atoms with Crippen molar-refractivity contribution in [1.29, 1.82) is 0 Å². The molecule has 0 saturated carbocycles. The molecule has 4 atom stereocenters. The van der Waals surface area contributed by atoms with Gasteiger partial charge >= 0.3 is 0 Å². The van der Waals surface area contributed by atoms with E-state index in [1.807, 2.05) is 62.4 Å². The number of nitrogens with two attached hydrogens (primary N) is 5. The number of carbonyl (C=O) groups is 4. The highest BCUT2D eigenvalue weighted by Gasteiger charge is 2.31. The number of carbonyl (C=O) groups excluding carboxylic acids is 4. The maximum Gasteiger partial charge on any atom is 0.224 e. The molecule has 2 amide bonds. The van der Waals surface area contributed by atoms with Crippen LogP contribution in [0.5, 0.6) is 0 Å². The van der Waals surface area contributed by atoms with E-state index in [4.69, 9.17) is 28.7 Å². The summed E-state index contributed by atoms with van der Waals surface area (Å²) in [6.45, 7) is 4.71. The smallest absolute Gasteiger partial charge is 0.224 e. The molecule has 2 aromatic rings. The van der Waals surface area contributed by atoms with Crippen LogP contribution < -0.4 is 34.0 Å². The van der Waals surface area contributed by atoms with E-state index in [0.717, 1.165) is 22.3 Å². The monoisotopic (exact) mass is 621 g/mol. The minimum absolute atomic E-state index is 0.0296. The van der Waals surface area contributed by atoms with Gasteiger partial charge in [0.15, 0.2) is 11.7 Å². The zero-order chi connectivity index (χ0) is 33.4. The van der Waals surface area contributed by atoms with Crippen LogP contribution in [0, 0.1) is 25.7 Å². The van der Waals surface area contributed by atoms with Gasteiger partial charge in [0.2, 0.25) is 11.8 Å². The van der Waals surface area contributed by atoms with Gasteiger partial charge in [0, 0.05) is 31.2 Å². The first-order valence-electron chi connectivity index (χ1n) is 15.7. The number of Topliss-reactive ketones (excluding diaryl/α,β-unsaturated/α-hetero) is 2. The molecule has 0 aliphatic carbocycles. The van der Waals surface area contributed by atoms with Crippen molar-refractivity contribution < 1.29 is 19.2 Å². The fraction of sp³-hybridized carbons (Fsp3) is 0.500. The van der Waals surface area contributed by atoms with E-state index in [9.17, 15) is 19.2 Å². The third kappa shape index (κ3) is 13.2. The minimum Gasteiger partial charge on any atom is -0.370 e. The Morgan fingerprint density at radius 2 is 1.42 bits per heavy atom. The molecule has 0 spiro atoms. The summed E-state index contributed by atoms with van der Waals surface area (Å²) in [4.78, 5) is 57.0. The number of aliphatic imine (C=N–C) groups is 1. The van der Waals surface area contributed by atoms with Gasteiger partial charge in [0.25, 0.3) is 0 Å². The van der Waals surface area contributed by atoms with Crippen molar-refractivity contribution >= 4 is 29.3 Å². The van der Waals surface area contributed by atoms with Gasteiger partial charge in [-0.3, -0.25) is 24.2 Å². The lowest BCUT2D eigenvalue weighted by atomic mass is 9.86. The number of hydrogen-bond donors (Lipinski definition) is 6. The predicted octanol–water partition coefficient (Wildman–Crippen LogP) is 1.72. The summed E-state index contributed by atoms with van der Waals surface area (Å²) in [6, 6.07) is 13.6. The number of hydrogen-bond acceptors (Lipinski definition) is 7. The van der Waals surface area contributed by atoms with Crippen molar-refractivity contribution in [3.8, 4) is 0 Å². The maximum atomic E-state index is 13.9. The average molecular weight is 622 g/mol. The van der Waals surface area contributed by atoms with Gasteiger partial charge in [0.1, 0.15) is 5.78 Å². The summed E-state index contributed by atoms with van der Waals surface area (Å²) in [5.41, 5.74) is 32.2. The fourth-order valence-corrected chi connectivity index (χ4v) is 5.40. The second kappa shape index (κ2) is 19.3. The third-order valence-electron chi connectivity index (χ3n) is 8.12. The van der Waals surface area contributed by atoms with Gasteiger partial charge in [0.05, 0.1) is 12.1 Å². The minimum atomic E-state index is -0.856. The van der Waals surface area contributed by atoms with Gasteiger partial charge in [-0.25, -0.2) is 0 Å². The first kappa shape index (κ1) is 37.1. The predicted molar refractivity (Wildman–Crippen MR) is 178 cm³/mol. The zero-order valence-electron chi connectivity index (χ0n) is 26.7. The summed E-state index contributed by atoms with van der Waals surface area (Å²) in [5.74, 6) is -3.05. The van der Waals surface area contributed by atoms with Gasteiger partial charge < -0.3 is 34.0 Å². The summed E-state index contributed by atoms with van der Waals surface area (Å²) in [6.07, 6.45) is 2.92. The first-order chi connectivity index (χ1) is 21.4. The Hall–Kier alpha value is -4.09. The number of benzene rings is 2. The number of nitrogens with zero attached hydrogens (tertiary/aromatic N) is 1. The summed E-state index contributed by atoms with van der Waals surface area (Å²) in [7, 11) is 0. The van der Waals surface area contributed by atoms with Crippen LogP contribution in [0.2, 0.25) is 0 Å². The molecule has 11 N–H and O–H groups in total. The third-order valence-corrected chi connectivity index (χ3v) is 8.12. The summed E-state index contributed by atoms with van der Waals surface area (Å²) >= 11 is 0. The second-order valence-electron chi connectivity index (χ2n) is 11.8. The maximum absolute atomic E-state index is 13.9. The van der Waals surface area contributed by atoms with E-state index >= 15 is 0 Å². The number of unbranched alkanes of at least 4 members (excludes halogenated alkanes) is 1. The number of ketones is 2. The SMILES string of the molecule is Cc1cccc(C)c1C[C@H](CC(=O)[C@H](N)CCCN=C(N)N)C(=O)N[C@@H](CCCCN)C(=O)C[C@@H](Cc1ccccc1)C(N)=O. The summed E-state index contributed by atoms with van der Waals surface area (Å²) in [5, 5.41) is 2.93. The van der Waals surface area contributed by atoms with E-state index in [-0.39, 0.29) is 30.4 Å². The molecule has 0 bridgehead atoms. The van der Waals surface area contributed by atoms with Crippen LogP contribution in [0.4, 0.5) is 0 Å². The lowest BCUT2D eigenvalue weighted by Gasteiger charge is -2.25. The molecule has 11 nitrogen and oxygen atoms in total. The van der Waals surface area contributed by atoms with Crippen LogP contribution in [-0.4, -0.2) is 54.5 Å². The molecule has 0 aliphatic heterocycles. The molecule has 246 valence electrons. The van der Waals surface area contributed by atoms with E-state index in [1.54, 1.807) is 0 Å². The molecule has 45 heavy (non-hydrogen) atoms. The number of primary amides is 1. The van der Waals surface area contributed by atoms with Gasteiger partial charge in [-0.2, -0.15) is 0 Å². The lowest BCUT2D eigenvalue weighted by molar-refractivity contribution is -0.133. The van der Waals surface area contributed by atoms with Crippen LogP contribution in [0.25, 0.3) is 0 Å². The Balaban J connectivity index is 2.27.